The van der Waals surface area contributed by atoms with E-state index in [1.54, 1.807) is 24.3 Å². The molecule has 23 heavy (non-hydrogen) atoms. The minimum Gasteiger partial charge on any atom is -0.507 e. The SMILES string of the molecule is N=C(N)NCCC[C@H](/N=C/C=C/c1ccc(Cl)cc1O)C(=O)O. The summed E-state index contributed by atoms with van der Waals surface area (Å²) in [5.74, 6) is -1.13. The number of aliphatic carboxylic acids is 1. The number of benzene rings is 1. The predicted octanol–water partition coefficient (Wildman–Crippen LogP) is 1.85. The number of aliphatic imine (C=N–C) groups is 1. The van der Waals surface area contributed by atoms with Crippen molar-refractivity contribution in [2.75, 3.05) is 6.54 Å². The minimum absolute atomic E-state index is 0.0345. The van der Waals surface area contributed by atoms with Gasteiger partial charge in [-0.3, -0.25) is 10.4 Å². The summed E-state index contributed by atoms with van der Waals surface area (Å²) in [7, 11) is 0. The van der Waals surface area contributed by atoms with Crippen LogP contribution < -0.4 is 11.1 Å². The van der Waals surface area contributed by atoms with Crippen LogP contribution in [0.25, 0.3) is 6.08 Å². The van der Waals surface area contributed by atoms with E-state index >= 15 is 0 Å². The van der Waals surface area contributed by atoms with E-state index in [4.69, 9.17) is 27.9 Å². The molecule has 1 atom stereocenters. The van der Waals surface area contributed by atoms with Crippen LogP contribution in [0.2, 0.25) is 5.02 Å². The van der Waals surface area contributed by atoms with Gasteiger partial charge in [-0.15, -0.1) is 0 Å². The molecule has 8 heteroatoms. The lowest BCUT2D eigenvalue weighted by molar-refractivity contribution is -0.138. The summed E-state index contributed by atoms with van der Waals surface area (Å²) in [6.45, 7) is 0.420. The third kappa shape index (κ3) is 7.32. The molecule has 0 radical (unpaired) electrons. The summed E-state index contributed by atoms with van der Waals surface area (Å²) in [4.78, 5) is 15.1. The zero-order valence-electron chi connectivity index (χ0n) is 12.4. The van der Waals surface area contributed by atoms with Crippen LogP contribution in [0.1, 0.15) is 18.4 Å². The lowest BCUT2D eigenvalue weighted by Gasteiger charge is -2.07. The molecule has 1 rings (SSSR count). The molecule has 0 aliphatic carbocycles. The van der Waals surface area contributed by atoms with Crippen LogP contribution >= 0.6 is 11.6 Å². The summed E-state index contributed by atoms with van der Waals surface area (Å²) < 4.78 is 0. The number of phenolic OH excluding ortho intramolecular Hbond substituents is 1. The first kappa shape index (κ1) is 18.5. The largest absolute Gasteiger partial charge is 0.507 e. The molecule has 124 valence electrons. The number of carboxylic acids is 1. The van der Waals surface area contributed by atoms with Crippen LogP contribution in [-0.2, 0) is 4.79 Å². The van der Waals surface area contributed by atoms with E-state index in [0.717, 1.165) is 0 Å². The van der Waals surface area contributed by atoms with E-state index in [1.807, 2.05) is 0 Å². The van der Waals surface area contributed by atoms with E-state index in [-0.39, 0.29) is 11.7 Å². The average molecular weight is 339 g/mol. The summed E-state index contributed by atoms with van der Waals surface area (Å²) in [6, 6.07) is 3.83. The number of phenols is 1. The van der Waals surface area contributed by atoms with Gasteiger partial charge in [0.15, 0.2) is 5.96 Å². The van der Waals surface area contributed by atoms with Gasteiger partial charge in [-0.05, 0) is 43.2 Å². The van der Waals surface area contributed by atoms with Crippen LogP contribution in [0, 0.1) is 5.41 Å². The first-order valence-corrected chi connectivity index (χ1v) is 7.27. The molecule has 0 aliphatic rings. The van der Waals surface area contributed by atoms with Gasteiger partial charge in [0.2, 0.25) is 0 Å². The number of guanidine groups is 1. The fourth-order valence-corrected chi connectivity index (χ4v) is 1.90. The number of carboxylic acid groups (broad SMARTS) is 1. The van der Waals surface area contributed by atoms with Crippen LogP contribution in [0.5, 0.6) is 5.75 Å². The average Bonchev–Trinajstić information content (AvgIpc) is 2.46. The highest BCUT2D eigenvalue weighted by atomic mass is 35.5. The molecule has 0 amide bonds. The molecule has 7 nitrogen and oxygen atoms in total. The number of nitrogens with zero attached hydrogens (tertiary/aromatic N) is 1. The molecule has 1 aromatic rings. The highest BCUT2D eigenvalue weighted by Gasteiger charge is 2.14. The number of rotatable bonds is 8. The quantitative estimate of drug-likeness (QED) is 0.280. The molecular formula is C15H19ClN4O3. The number of nitrogens with two attached hydrogens (primary N) is 1. The number of halogens is 1. The van der Waals surface area contributed by atoms with Crippen LogP contribution in [0.15, 0.2) is 29.3 Å². The molecule has 0 unspecified atom stereocenters. The highest BCUT2D eigenvalue weighted by Crippen LogP contribution is 2.22. The summed E-state index contributed by atoms with van der Waals surface area (Å²) in [5, 5.41) is 28.8. The monoisotopic (exact) mass is 338 g/mol. The molecule has 0 aliphatic heterocycles. The molecular weight excluding hydrogens is 320 g/mol. The third-order valence-electron chi connectivity index (χ3n) is 2.88. The standard InChI is InChI=1S/C15H19ClN4O3/c16-11-6-5-10(13(21)9-11)3-1-7-19-12(14(22)23)4-2-8-20-15(17)18/h1,3,5-7,9,12,21H,2,4,8H2,(H,22,23)(H4,17,18,20)/b3-1+,19-7+/t12-/m0/s1. The smallest absolute Gasteiger partial charge is 0.328 e. The van der Waals surface area contributed by atoms with E-state index in [1.165, 1.54) is 12.3 Å². The third-order valence-corrected chi connectivity index (χ3v) is 3.11. The van der Waals surface area contributed by atoms with Crippen molar-refractivity contribution < 1.29 is 15.0 Å². The Hall–Kier alpha value is -2.54. The Morgan fingerprint density at radius 1 is 1.52 bits per heavy atom. The molecule has 0 aromatic heterocycles. The van der Waals surface area contributed by atoms with Crippen molar-refractivity contribution >= 4 is 35.8 Å². The number of nitrogens with one attached hydrogen (secondary N) is 2. The van der Waals surface area contributed by atoms with Gasteiger partial charge in [0.1, 0.15) is 11.8 Å². The Balaban J connectivity index is 2.55. The van der Waals surface area contributed by atoms with E-state index in [9.17, 15) is 9.90 Å². The number of aromatic hydroxyl groups is 1. The Kier molecular flexibility index (Phi) is 7.62. The zero-order valence-corrected chi connectivity index (χ0v) is 13.1. The van der Waals surface area contributed by atoms with Crippen molar-refractivity contribution in [2.45, 2.75) is 18.9 Å². The molecule has 6 N–H and O–H groups in total. The number of hydrogen-bond donors (Lipinski definition) is 5. The van der Waals surface area contributed by atoms with E-state index in [2.05, 4.69) is 10.3 Å². The molecule has 0 saturated carbocycles. The lowest BCUT2D eigenvalue weighted by atomic mass is 10.1. The molecule has 1 aromatic carbocycles. The second kappa shape index (κ2) is 9.47. The maximum absolute atomic E-state index is 11.1. The lowest BCUT2D eigenvalue weighted by Crippen LogP contribution is -2.31. The van der Waals surface area contributed by atoms with Crippen molar-refractivity contribution in [2.24, 2.45) is 10.7 Å². The molecule has 0 saturated heterocycles. The van der Waals surface area contributed by atoms with Gasteiger partial charge in [-0.25, -0.2) is 4.79 Å². The van der Waals surface area contributed by atoms with Crippen LogP contribution in [0.3, 0.4) is 0 Å². The van der Waals surface area contributed by atoms with Crippen molar-refractivity contribution in [3.8, 4) is 5.75 Å². The van der Waals surface area contributed by atoms with Gasteiger partial charge in [0.25, 0.3) is 0 Å². The van der Waals surface area contributed by atoms with Crippen LogP contribution in [-0.4, -0.2) is 40.9 Å². The fraction of sp³-hybridized carbons (Fsp3) is 0.267. The number of allylic oxidation sites excluding steroid dienone is 1. The highest BCUT2D eigenvalue weighted by molar-refractivity contribution is 6.30. The van der Waals surface area contributed by atoms with Crippen molar-refractivity contribution in [3.63, 3.8) is 0 Å². The van der Waals surface area contributed by atoms with Gasteiger partial charge < -0.3 is 21.3 Å². The fourth-order valence-electron chi connectivity index (χ4n) is 1.74. The van der Waals surface area contributed by atoms with Crippen molar-refractivity contribution in [1.29, 1.82) is 5.41 Å². The number of hydrogen-bond acceptors (Lipinski definition) is 4. The second-order valence-electron chi connectivity index (χ2n) is 4.70. The Morgan fingerprint density at radius 3 is 2.87 bits per heavy atom. The van der Waals surface area contributed by atoms with Crippen molar-refractivity contribution in [1.82, 2.24) is 5.32 Å². The summed E-state index contributed by atoms with van der Waals surface area (Å²) in [6.07, 6.45) is 5.38. The zero-order chi connectivity index (χ0) is 17.2. The molecule has 0 spiro atoms. The second-order valence-corrected chi connectivity index (χ2v) is 5.13. The normalized spacial score (nSPS) is 12.6. The molecule has 0 heterocycles. The molecule has 0 fully saturated rings. The first-order valence-electron chi connectivity index (χ1n) is 6.89. The maximum Gasteiger partial charge on any atom is 0.328 e. The van der Waals surface area contributed by atoms with Crippen LogP contribution in [0.4, 0.5) is 0 Å². The van der Waals surface area contributed by atoms with E-state index in [0.29, 0.717) is 30.0 Å². The van der Waals surface area contributed by atoms with Gasteiger partial charge >= 0.3 is 5.97 Å². The molecule has 0 bridgehead atoms. The Morgan fingerprint density at radius 2 is 2.26 bits per heavy atom. The number of carbonyl (C=O) groups is 1. The van der Waals surface area contributed by atoms with Gasteiger partial charge in [-0.2, -0.15) is 0 Å². The minimum atomic E-state index is -1.02. The summed E-state index contributed by atoms with van der Waals surface area (Å²) >= 11 is 5.73. The van der Waals surface area contributed by atoms with Gasteiger partial charge in [0, 0.05) is 23.3 Å². The van der Waals surface area contributed by atoms with Gasteiger partial charge in [-0.1, -0.05) is 11.6 Å². The van der Waals surface area contributed by atoms with Crippen molar-refractivity contribution in [3.05, 3.63) is 34.9 Å². The Labute approximate surface area is 139 Å². The summed E-state index contributed by atoms with van der Waals surface area (Å²) in [5.41, 5.74) is 5.69. The predicted molar refractivity (Wildman–Crippen MR) is 91.2 cm³/mol. The maximum atomic E-state index is 11.1. The first-order chi connectivity index (χ1) is 10.9. The van der Waals surface area contributed by atoms with Gasteiger partial charge in [0.05, 0.1) is 0 Å². The van der Waals surface area contributed by atoms with E-state index < -0.39 is 12.0 Å². The topological polar surface area (TPSA) is 132 Å². The Bertz CT molecular complexity index is 617.